The monoisotopic (exact) mass is 502 g/mol. The molecule has 4 heterocycles. The standard InChI is InChI=1S/C26H22N4O3S2/c1-15-7-9-18-21(11-15)35-24-22(18)23(31)29(17-5-3-2-4-6-17)25-27-28-26(30(24)25)34-13-16-8-10-19-20(12-16)33-14-32-19/h2-6,8,10,12,15H,7,9,11,13-14H2,1H3/t15-/m0/s1. The van der Waals surface area contributed by atoms with Gasteiger partial charge >= 0.3 is 0 Å². The van der Waals surface area contributed by atoms with Gasteiger partial charge in [0, 0.05) is 10.6 Å². The Morgan fingerprint density at radius 1 is 1.11 bits per heavy atom. The normalized spacial score (nSPS) is 16.8. The van der Waals surface area contributed by atoms with Gasteiger partial charge in [-0.2, -0.15) is 0 Å². The zero-order valence-corrected chi connectivity index (χ0v) is 20.7. The van der Waals surface area contributed by atoms with Crippen molar-refractivity contribution in [2.75, 3.05) is 6.79 Å². The summed E-state index contributed by atoms with van der Waals surface area (Å²) in [7, 11) is 0. The Hall–Kier alpha value is -3.30. The van der Waals surface area contributed by atoms with Crippen LogP contribution in [0, 0.1) is 5.92 Å². The number of benzene rings is 2. The lowest BCUT2D eigenvalue weighted by Crippen LogP contribution is -2.22. The van der Waals surface area contributed by atoms with Crippen LogP contribution >= 0.6 is 23.1 Å². The molecule has 7 nitrogen and oxygen atoms in total. The van der Waals surface area contributed by atoms with Crippen LogP contribution in [0.15, 0.2) is 58.5 Å². The molecule has 0 bridgehead atoms. The maximum absolute atomic E-state index is 13.9. The van der Waals surface area contributed by atoms with E-state index in [1.807, 2.05) is 48.5 Å². The smallest absolute Gasteiger partial charge is 0.268 e. The Morgan fingerprint density at radius 2 is 1.97 bits per heavy atom. The van der Waals surface area contributed by atoms with Crippen LogP contribution in [-0.4, -0.2) is 26.0 Å². The molecule has 0 N–H and O–H groups in total. The summed E-state index contributed by atoms with van der Waals surface area (Å²) in [5.41, 5.74) is 3.11. The zero-order chi connectivity index (χ0) is 23.5. The number of aryl methyl sites for hydroxylation is 1. The van der Waals surface area contributed by atoms with Crippen molar-refractivity contribution in [1.29, 1.82) is 0 Å². The van der Waals surface area contributed by atoms with Crippen molar-refractivity contribution < 1.29 is 9.47 Å². The Morgan fingerprint density at radius 3 is 2.86 bits per heavy atom. The van der Waals surface area contributed by atoms with E-state index in [0.717, 1.165) is 57.4 Å². The van der Waals surface area contributed by atoms with E-state index in [1.165, 1.54) is 10.4 Å². The number of nitrogens with zero attached hydrogens (tertiary/aromatic N) is 4. The highest BCUT2D eigenvalue weighted by molar-refractivity contribution is 7.98. The van der Waals surface area contributed by atoms with Crippen molar-refractivity contribution in [2.45, 2.75) is 37.1 Å². The van der Waals surface area contributed by atoms with Gasteiger partial charge in [-0.15, -0.1) is 21.5 Å². The van der Waals surface area contributed by atoms with Crippen LogP contribution in [0.3, 0.4) is 0 Å². The van der Waals surface area contributed by atoms with E-state index in [0.29, 0.717) is 17.4 Å². The summed E-state index contributed by atoms with van der Waals surface area (Å²) in [5, 5.41) is 10.7. The van der Waals surface area contributed by atoms with Gasteiger partial charge in [0.1, 0.15) is 4.83 Å². The number of ether oxygens (including phenoxy) is 2. The largest absolute Gasteiger partial charge is 0.454 e. The lowest BCUT2D eigenvalue weighted by atomic mass is 9.89. The highest BCUT2D eigenvalue weighted by Gasteiger charge is 2.27. The first kappa shape index (κ1) is 21.0. The third kappa shape index (κ3) is 3.36. The summed E-state index contributed by atoms with van der Waals surface area (Å²) in [4.78, 5) is 16.2. The van der Waals surface area contributed by atoms with E-state index in [4.69, 9.17) is 9.47 Å². The fourth-order valence-electron chi connectivity index (χ4n) is 4.98. The Balaban J connectivity index is 1.41. The molecule has 0 saturated heterocycles. The molecule has 3 aromatic heterocycles. The van der Waals surface area contributed by atoms with Gasteiger partial charge in [-0.1, -0.05) is 43.0 Å². The van der Waals surface area contributed by atoms with E-state index < -0.39 is 0 Å². The molecule has 1 aliphatic heterocycles. The summed E-state index contributed by atoms with van der Waals surface area (Å²) < 4.78 is 14.8. The summed E-state index contributed by atoms with van der Waals surface area (Å²) in [6.45, 7) is 2.55. The molecule has 0 saturated carbocycles. The number of thioether (sulfide) groups is 1. The highest BCUT2D eigenvalue weighted by atomic mass is 32.2. The molecule has 0 fully saturated rings. The van der Waals surface area contributed by atoms with Crippen molar-refractivity contribution in [3.05, 3.63) is 74.9 Å². The minimum Gasteiger partial charge on any atom is -0.454 e. The van der Waals surface area contributed by atoms with Crippen molar-refractivity contribution in [1.82, 2.24) is 19.2 Å². The molecule has 0 spiro atoms. The SMILES string of the molecule is C[C@H]1CCc2c(sc3c2c(=O)n(-c2ccccc2)c2nnc(SCc4ccc5c(c4)OCO5)n32)C1. The van der Waals surface area contributed by atoms with E-state index in [-0.39, 0.29) is 12.4 Å². The van der Waals surface area contributed by atoms with Crippen LogP contribution in [0.25, 0.3) is 21.7 Å². The topological polar surface area (TPSA) is 70.7 Å². The zero-order valence-electron chi connectivity index (χ0n) is 19.1. The van der Waals surface area contributed by atoms with Crippen LogP contribution in [0.4, 0.5) is 0 Å². The van der Waals surface area contributed by atoms with Gasteiger partial charge in [0.05, 0.1) is 11.1 Å². The highest BCUT2D eigenvalue weighted by Crippen LogP contribution is 2.39. The van der Waals surface area contributed by atoms with Crippen LogP contribution in [0.1, 0.15) is 29.3 Å². The van der Waals surface area contributed by atoms with E-state index in [1.54, 1.807) is 27.7 Å². The van der Waals surface area contributed by atoms with Crippen molar-refractivity contribution in [3.8, 4) is 17.2 Å². The first-order valence-electron chi connectivity index (χ1n) is 11.7. The Kier molecular flexibility index (Phi) is 4.89. The minimum absolute atomic E-state index is 0.00882. The summed E-state index contributed by atoms with van der Waals surface area (Å²) in [6, 6.07) is 15.7. The van der Waals surface area contributed by atoms with Crippen molar-refractivity contribution >= 4 is 39.1 Å². The molecule has 176 valence electrons. The maximum Gasteiger partial charge on any atom is 0.268 e. The predicted octanol–water partition coefficient (Wildman–Crippen LogP) is 5.24. The average Bonchev–Trinajstić information content (AvgIpc) is 3.59. The van der Waals surface area contributed by atoms with E-state index in [9.17, 15) is 4.79 Å². The molecule has 1 aliphatic carbocycles. The second-order valence-electron chi connectivity index (χ2n) is 9.10. The van der Waals surface area contributed by atoms with Crippen LogP contribution < -0.4 is 15.0 Å². The average molecular weight is 503 g/mol. The fourth-order valence-corrected chi connectivity index (χ4v) is 7.42. The Bertz CT molecular complexity index is 1650. The first-order valence-corrected chi connectivity index (χ1v) is 13.5. The molecule has 1 atom stereocenters. The molecule has 0 radical (unpaired) electrons. The predicted molar refractivity (Wildman–Crippen MR) is 137 cm³/mol. The quantitative estimate of drug-likeness (QED) is 0.313. The number of hydrogen-bond donors (Lipinski definition) is 0. The van der Waals surface area contributed by atoms with E-state index in [2.05, 4.69) is 21.5 Å². The molecule has 0 unspecified atom stereocenters. The fraction of sp³-hybridized carbons (Fsp3) is 0.269. The van der Waals surface area contributed by atoms with Crippen LogP contribution in [-0.2, 0) is 18.6 Å². The van der Waals surface area contributed by atoms with Gasteiger partial charge < -0.3 is 9.47 Å². The second kappa shape index (κ2) is 8.13. The van der Waals surface area contributed by atoms with Gasteiger partial charge in [0.15, 0.2) is 16.7 Å². The van der Waals surface area contributed by atoms with Gasteiger partial charge in [0.25, 0.3) is 5.56 Å². The number of aromatic nitrogens is 4. The molecule has 2 aliphatic rings. The van der Waals surface area contributed by atoms with Crippen LogP contribution in [0.5, 0.6) is 11.5 Å². The summed E-state index contributed by atoms with van der Waals surface area (Å²) in [6.07, 6.45) is 3.06. The molecule has 9 heteroatoms. The molecular weight excluding hydrogens is 480 g/mol. The molecule has 7 rings (SSSR count). The number of rotatable bonds is 4. The summed E-state index contributed by atoms with van der Waals surface area (Å²) in [5.74, 6) is 3.43. The minimum atomic E-state index is -0.00882. The van der Waals surface area contributed by atoms with Gasteiger partial charge in [-0.05, 0) is 60.6 Å². The third-order valence-corrected chi connectivity index (χ3v) is 8.99. The van der Waals surface area contributed by atoms with Gasteiger partial charge in [0.2, 0.25) is 12.6 Å². The molecule has 35 heavy (non-hydrogen) atoms. The molecular formula is C26H22N4O3S2. The number of thiophene rings is 1. The molecule has 0 amide bonds. The summed E-state index contributed by atoms with van der Waals surface area (Å²) >= 11 is 3.34. The maximum atomic E-state index is 13.9. The van der Waals surface area contributed by atoms with Crippen molar-refractivity contribution in [2.24, 2.45) is 5.92 Å². The van der Waals surface area contributed by atoms with Gasteiger partial charge in [-0.3, -0.25) is 4.79 Å². The lowest BCUT2D eigenvalue weighted by molar-refractivity contribution is 0.174. The van der Waals surface area contributed by atoms with Crippen molar-refractivity contribution in [3.63, 3.8) is 0 Å². The van der Waals surface area contributed by atoms with Crippen LogP contribution in [0.2, 0.25) is 0 Å². The third-order valence-electron chi connectivity index (χ3n) is 6.75. The second-order valence-corrected chi connectivity index (χ2v) is 11.1. The molecule has 5 aromatic rings. The number of fused-ring (bicyclic) bond motifs is 6. The Labute approximate surface area is 209 Å². The van der Waals surface area contributed by atoms with Gasteiger partial charge in [-0.25, -0.2) is 8.97 Å². The first-order chi connectivity index (χ1) is 17.2. The lowest BCUT2D eigenvalue weighted by Gasteiger charge is -2.17. The molecule has 2 aromatic carbocycles. The number of hydrogen-bond acceptors (Lipinski definition) is 7. The van der Waals surface area contributed by atoms with E-state index >= 15 is 0 Å². The number of para-hydroxylation sites is 1.